The molecule has 0 N–H and O–H groups in total. The Hall–Kier alpha value is -0.105. The van der Waals surface area contributed by atoms with Crippen LogP contribution in [0.25, 0.3) is 0 Å². The molecule has 110 valence electrons. The second kappa shape index (κ2) is 8.13. The van der Waals surface area contributed by atoms with Crippen LogP contribution in [0.5, 0.6) is 0 Å². The van der Waals surface area contributed by atoms with Gasteiger partial charge < -0.3 is 0 Å². The van der Waals surface area contributed by atoms with Crippen molar-refractivity contribution in [2.75, 3.05) is 0 Å². The SMILES string of the molecule is Cc1c(C)c(C)[c-](CC[c-]2c(C)c(C)c(C)c2C)c1C.[Li+].[Li+]. The Bertz CT molecular complexity index is 545. The second-order valence-electron chi connectivity index (χ2n) is 6.46. The molecular formula is C20H28Li2. The van der Waals surface area contributed by atoms with Crippen LogP contribution in [0.4, 0.5) is 0 Å². The zero-order valence-corrected chi connectivity index (χ0v) is 16.4. The summed E-state index contributed by atoms with van der Waals surface area (Å²) in [6.45, 7) is 18.2. The first-order valence-corrected chi connectivity index (χ1v) is 7.71. The maximum Gasteiger partial charge on any atom is 1.00 e. The summed E-state index contributed by atoms with van der Waals surface area (Å²) in [5, 5.41) is 0. The van der Waals surface area contributed by atoms with Crippen LogP contribution in [0, 0.1) is 55.4 Å². The first-order chi connectivity index (χ1) is 9.27. The Kier molecular flexibility index (Phi) is 8.09. The summed E-state index contributed by atoms with van der Waals surface area (Å²) < 4.78 is 0. The topological polar surface area (TPSA) is 0 Å². The van der Waals surface area contributed by atoms with Crippen LogP contribution < -0.4 is 37.7 Å². The molecule has 0 saturated carbocycles. The zero-order valence-electron chi connectivity index (χ0n) is 16.4. The van der Waals surface area contributed by atoms with Crippen LogP contribution in [0.2, 0.25) is 0 Å². The molecule has 0 aliphatic carbocycles. The second-order valence-corrected chi connectivity index (χ2v) is 6.46. The van der Waals surface area contributed by atoms with Gasteiger partial charge in [0.2, 0.25) is 0 Å². The van der Waals surface area contributed by atoms with Crippen LogP contribution in [0.3, 0.4) is 0 Å². The molecule has 2 aromatic rings. The largest absolute Gasteiger partial charge is 1.00 e. The van der Waals surface area contributed by atoms with Crippen molar-refractivity contribution < 1.29 is 37.7 Å². The van der Waals surface area contributed by atoms with Gasteiger partial charge in [0.15, 0.2) is 0 Å². The van der Waals surface area contributed by atoms with E-state index in [1.807, 2.05) is 0 Å². The smallest absolute Gasteiger partial charge is 0.196 e. The van der Waals surface area contributed by atoms with Gasteiger partial charge in [-0.25, -0.2) is 0 Å². The Morgan fingerprint density at radius 1 is 0.455 bits per heavy atom. The average molecular weight is 282 g/mol. The summed E-state index contributed by atoms with van der Waals surface area (Å²) in [6.07, 6.45) is 2.35. The molecule has 0 saturated heterocycles. The van der Waals surface area contributed by atoms with Crippen molar-refractivity contribution in [3.8, 4) is 0 Å². The Labute approximate surface area is 161 Å². The van der Waals surface area contributed by atoms with Crippen LogP contribution >= 0.6 is 0 Å². The van der Waals surface area contributed by atoms with E-state index in [0.717, 1.165) is 0 Å². The van der Waals surface area contributed by atoms with Gasteiger partial charge in [0.05, 0.1) is 0 Å². The predicted octanol–water partition coefficient (Wildman–Crippen LogP) is -0.615. The van der Waals surface area contributed by atoms with E-state index in [2.05, 4.69) is 55.4 Å². The summed E-state index contributed by atoms with van der Waals surface area (Å²) in [6, 6.07) is 0. The third-order valence-corrected chi connectivity index (χ3v) is 5.81. The van der Waals surface area contributed by atoms with Gasteiger partial charge in [0.1, 0.15) is 0 Å². The molecular weight excluding hydrogens is 254 g/mol. The molecule has 0 unspecified atom stereocenters. The van der Waals surface area contributed by atoms with Gasteiger partial charge in [0.25, 0.3) is 0 Å². The molecule has 0 aliphatic heterocycles. The van der Waals surface area contributed by atoms with Crippen molar-refractivity contribution in [3.05, 3.63) is 55.6 Å². The minimum Gasteiger partial charge on any atom is -0.196 e. The van der Waals surface area contributed by atoms with Crippen LogP contribution in [-0.4, -0.2) is 0 Å². The fourth-order valence-electron chi connectivity index (χ4n) is 3.59. The molecule has 0 bridgehead atoms. The summed E-state index contributed by atoms with van der Waals surface area (Å²) in [5.74, 6) is 0. The van der Waals surface area contributed by atoms with Crippen LogP contribution in [0.15, 0.2) is 0 Å². The maximum absolute atomic E-state index is 2.28. The number of hydrogen-bond acceptors (Lipinski definition) is 0. The molecule has 0 atom stereocenters. The van der Waals surface area contributed by atoms with E-state index in [4.69, 9.17) is 0 Å². The molecule has 22 heavy (non-hydrogen) atoms. The third kappa shape index (κ3) is 3.52. The van der Waals surface area contributed by atoms with Crippen molar-refractivity contribution >= 4 is 0 Å². The zero-order chi connectivity index (χ0) is 15.2. The molecule has 0 aromatic heterocycles. The fourth-order valence-corrected chi connectivity index (χ4v) is 3.59. The normalized spacial score (nSPS) is 10.4. The van der Waals surface area contributed by atoms with Gasteiger partial charge in [-0.15, -0.1) is 0 Å². The van der Waals surface area contributed by atoms with E-state index in [9.17, 15) is 0 Å². The first kappa shape index (κ1) is 21.9. The molecule has 2 aromatic carbocycles. The molecule has 0 radical (unpaired) electrons. The molecule has 0 aliphatic rings. The minimum atomic E-state index is 0. The molecule has 0 amide bonds. The van der Waals surface area contributed by atoms with E-state index in [-0.39, 0.29) is 37.7 Å². The average Bonchev–Trinajstić information content (AvgIpc) is 2.72. The standard InChI is InChI=1S/C20H28.2Li/c1-11-12(2)16(6)19(15(11)5)9-10-20-17(7)13(3)14(4)18(20)8;;/h9-10H2,1-8H3;;/q-2;2*+1. The minimum absolute atomic E-state index is 0. The quantitative estimate of drug-likeness (QED) is 0.520. The number of rotatable bonds is 3. The van der Waals surface area contributed by atoms with Crippen molar-refractivity contribution in [1.82, 2.24) is 0 Å². The van der Waals surface area contributed by atoms with Crippen LogP contribution in [0.1, 0.15) is 55.6 Å². The van der Waals surface area contributed by atoms with Gasteiger partial charge in [-0.2, -0.15) is 55.6 Å². The Balaban J connectivity index is 0.00000220. The van der Waals surface area contributed by atoms with E-state index >= 15 is 0 Å². The third-order valence-electron chi connectivity index (χ3n) is 5.81. The van der Waals surface area contributed by atoms with E-state index in [1.165, 1.54) is 57.3 Å². The van der Waals surface area contributed by atoms with Crippen molar-refractivity contribution in [2.24, 2.45) is 0 Å². The van der Waals surface area contributed by atoms with Gasteiger partial charge in [-0.1, -0.05) is 68.2 Å². The fraction of sp³-hybridized carbons (Fsp3) is 0.500. The van der Waals surface area contributed by atoms with E-state index in [0.29, 0.717) is 0 Å². The van der Waals surface area contributed by atoms with Gasteiger partial charge in [-0.05, 0) is 0 Å². The van der Waals surface area contributed by atoms with Gasteiger partial charge in [-0.3, -0.25) is 0 Å². The molecule has 0 fully saturated rings. The first-order valence-electron chi connectivity index (χ1n) is 7.71. The molecule has 0 nitrogen and oxygen atoms in total. The summed E-state index contributed by atoms with van der Waals surface area (Å²) in [7, 11) is 0. The van der Waals surface area contributed by atoms with Crippen LogP contribution in [-0.2, 0) is 12.8 Å². The maximum atomic E-state index is 2.28. The molecule has 2 rings (SSSR count). The summed E-state index contributed by atoms with van der Waals surface area (Å²) >= 11 is 0. The monoisotopic (exact) mass is 282 g/mol. The van der Waals surface area contributed by atoms with Gasteiger partial charge in [0, 0.05) is 0 Å². The predicted molar refractivity (Wildman–Crippen MR) is 89.4 cm³/mol. The van der Waals surface area contributed by atoms with Gasteiger partial charge >= 0.3 is 37.7 Å². The molecule has 0 spiro atoms. The van der Waals surface area contributed by atoms with Crippen molar-refractivity contribution in [2.45, 2.75) is 68.2 Å². The van der Waals surface area contributed by atoms with E-state index in [1.54, 1.807) is 11.1 Å². The van der Waals surface area contributed by atoms with Crippen molar-refractivity contribution in [1.29, 1.82) is 0 Å². The number of hydrogen-bond donors (Lipinski definition) is 0. The molecule has 2 heteroatoms. The summed E-state index contributed by atoms with van der Waals surface area (Å²) in [5.41, 5.74) is 15.1. The Morgan fingerprint density at radius 2 is 0.636 bits per heavy atom. The molecule has 0 heterocycles. The summed E-state index contributed by atoms with van der Waals surface area (Å²) in [4.78, 5) is 0. The van der Waals surface area contributed by atoms with Crippen molar-refractivity contribution in [3.63, 3.8) is 0 Å². The van der Waals surface area contributed by atoms with E-state index < -0.39 is 0 Å². The Morgan fingerprint density at radius 3 is 0.818 bits per heavy atom.